The van der Waals surface area contributed by atoms with Gasteiger partial charge in [0.1, 0.15) is 5.82 Å². The quantitative estimate of drug-likeness (QED) is 0.844. The summed E-state index contributed by atoms with van der Waals surface area (Å²) in [7, 11) is 0. The van der Waals surface area contributed by atoms with Gasteiger partial charge in [0.05, 0.1) is 11.6 Å². The van der Waals surface area contributed by atoms with Crippen molar-refractivity contribution in [2.24, 2.45) is 0 Å². The van der Waals surface area contributed by atoms with Crippen LogP contribution < -0.4 is 5.32 Å². The number of nitrogens with zero attached hydrogens (tertiary/aromatic N) is 1. The second-order valence-electron chi connectivity index (χ2n) is 4.77. The van der Waals surface area contributed by atoms with Gasteiger partial charge in [0.2, 0.25) is 0 Å². The molecule has 0 aliphatic carbocycles. The van der Waals surface area contributed by atoms with Gasteiger partial charge in [-0.15, -0.1) is 0 Å². The smallest absolute Gasteiger partial charge is 0.123 e. The molecule has 0 saturated heterocycles. The molecule has 0 aliphatic rings. The van der Waals surface area contributed by atoms with Crippen molar-refractivity contribution < 1.29 is 4.39 Å². The van der Waals surface area contributed by atoms with Crippen molar-refractivity contribution in [2.75, 3.05) is 6.54 Å². The lowest BCUT2D eigenvalue weighted by Gasteiger charge is -2.08. The van der Waals surface area contributed by atoms with Gasteiger partial charge in [-0.2, -0.15) is 5.26 Å². The predicted molar refractivity (Wildman–Crippen MR) is 77.7 cm³/mol. The van der Waals surface area contributed by atoms with Crippen molar-refractivity contribution in [3.05, 3.63) is 70.5 Å². The Bertz CT molecular complexity index is 629. The summed E-state index contributed by atoms with van der Waals surface area (Å²) in [5.74, 6) is -0.192. The highest BCUT2D eigenvalue weighted by atomic mass is 19.1. The molecule has 0 amide bonds. The normalized spacial score (nSPS) is 10.2. The minimum Gasteiger partial charge on any atom is -0.312 e. The average molecular weight is 268 g/mol. The van der Waals surface area contributed by atoms with Gasteiger partial charge < -0.3 is 5.32 Å². The van der Waals surface area contributed by atoms with Gasteiger partial charge >= 0.3 is 0 Å². The Kier molecular flexibility index (Phi) is 4.86. The summed E-state index contributed by atoms with van der Waals surface area (Å²) >= 11 is 0. The fourth-order valence-electron chi connectivity index (χ4n) is 2.17. The lowest BCUT2D eigenvalue weighted by atomic mass is 10.1. The molecule has 0 bridgehead atoms. The first-order valence-corrected chi connectivity index (χ1v) is 6.64. The van der Waals surface area contributed by atoms with Crippen LogP contribution in [-0.4, -0.2) is 6.54 Å². The van der Waals surface area contributed by atoms with Gasteiger partial charge in [0.25, 0.3) is 0 Å². The summed E-state index contributed by atoms with van der Waals surface area (Å²) in [6.45, 7) is 3.39. The molecule has 2 aromatic carbocycles. The van der Waals surface area contributed by atoms with Gasteiger partial charge in [0, 0.05) is 6.54 Å². The van der Waals surface area contributed by atoms with Crippen LogP contribution in [-0.2, 0) is 13.0 Å². The maximum atomic E-state index is 13.0. The Balaban J connectivity index is 1.86. The minimum absolute atomic E-state index is 0.192. The minimum atomic E-state index is -0.192. The summed E-state index contributed by atoms with van der Waals surface area (Å²) in [6, 6.07) is 14.6. The zero-order valence-corrected chi connectivity index (χ0v) is 11.5. The number of halogens is 1. The van der Waals surface area contributed by atoms with Crippen molar-refractivity contribution >= 4 is 0 Å². The molecular weight excluding hydrogens is 251 g/mol. The van der Waals surface area contributed by atoms with E-state index in [-0.39, 0.29) is 5.82 Å². The standard InChI is InChI=1S/C17H17FN2/c1-13-10-17(18)7-6-14(13)8-9-20-12-16-5-3-2-4-15(16)11-19/h2-7,10,20H,8-9,12H2,1H3. The molecule has 0 unspecified atom stereocenters. The predicted octanol–water partition coefficient (Wildman–Crippen LogP) is 3.34. The topological polar surface area (TPSA) is 35.8 Å². The van der Waals surface area contributed by atoms with Crippen LogP contribution in [0.15, 0.2) is 42.5 Å². The largest absolute Gasteiger partial charge is 0.312 e. The zero-order chi connectivity index (χ0) is 14.4. The molecule has 0 radical (unpaired) electrons. The molecule has 0 aromatic heterocycles. The molecule has 102 valence electrons. The lowest BCUT2D eigenvalue weighted by molar-refractivity contribution is 0.624. The van der Waals surface area contributed by atoms with Crippen molar-refractivity contribution in [3.63, 3.8) is 0 Å². The molecule has 2 aromatic rings. The molecule has 3 heteroatoms. The molecule has 0 fully saturated rings. The summed E-state index contributed by atoms with van der Waals surface area (Å²) in [5.41, 5.74) is 3.83. The van der Waals surface area contributed by atoms with Crippen LogP contribution in [0, 0.1) is 24.1 Å². The molecule has 0 heterocycles. The Morgan fingerprint density at radius 2 is 1.95 bits per heavy atom. The monoisotopic (exact) mass is 268 g/mol. The van der Waals surface area contributed by atoms with Crippen LogP contribution in [0.2, 0.25) is 0 Å². The molecule has 0 atom stereocenters. The second-order valence-corrected chi connectivity index (χ2v) is 4.77. The highest BCUT2D eigenvalue weighted by Gasteiger charge is 2.02. The van der Waals surface area contributed by atoms with E-state index in [0.29, 0.717) is 12.1 Å². The van der Waals surface area contributed by atoms with Crippen LogP contribution in [0.4, 0.5) is 4.39 Å². The van der Waals surface area contributed by atoms with Crippen LogP contribution in [0.5, 0.6) is 0 Å². The molecule has 20 heavy (non-hydrogen) atoms. The highest BCUT2D eigenvalue weighted by Crippen LogP contribution is 2.11. The second kappa shape index (κ2) is 6.83. The number of nitriles is 1. The summed E-state index contributed by atoms with van der Waals surface area (Å²) in [5, 5.41) is 12.3. The first-order chi connectivity index (χ1) is 9.70. The summed E-state index contributed by atoms with van der Waals surface area (Å²) in [4.78, 5) is 0. The number of hydrogen-bond donors (Lipinski definition) is 1. The highest BCUT2D eigenvalue weighted by molar-refractivity contribution is 5.37. The fourth-order valence-corrected chi connectivity index (χ4v) is 2.17. The number of aryl methyl sites for hydroxylation is 1. The first-order valence-electron chi connectivity index (χ1n) is 6.64. The average Bonchev–Trinajstić information content (AvgIpc) is 2.46. The van der Waals surface area contributed by atoms with Gasteiger partial charge in [-0.05, 0) is 54.8 Å². The number of rotatable bonds is 5. The maximum Gasteiger partial charge on any atom is 0.123 e. The van der Waals surface area contributed by atoms with E-state index < -0.39 is 0 Å². The maximum absolute atomic E-state index is 13.0. The number of nitrogens with one attached hydrogen (secondary N) is 1. The summed E-state index contributed by atoms with van der Waals surface area (Å²) < 4.78 is 13.0. The molecule has 2 rings (SSSR count). The Hall–Kier alpha value is -2.18. The SMILES string of the molecule is Cc1cc(F)ccc1CCNCc1ccccc1C#N. The molecule has 2 nitrogen and oxygen atoms in total. The number of hydrogen-bond acceptors (Lipinski definition) is 2. The van der Waals surface area contributed by atoms with Gasteiger partial charge in [0.15, 0.2) is 0 Å². The molecule has 0 spiro atoms. The molecule has 0 aliphatic heterocycles. The fraction of sp³-hybridized carbons (Fsp3) is 0.235. The zero-order valence-electron chi connectivity index (χ0n) is 11.5. The van der Waals surface area contributed by atoms with Crippen LogP contribution in [0.1, 0.15) is 22.3 Å². The van der Waals surface area contributed by atoms with E-state index in [0.717, 1.165) is 29.7 Å². The third-order valence-corrected chi connectivity index (χ3v) is 3.33. The summed E-state index contributed by atoms with van der Waals surface area (Å²) in [6.07, 6.45) is 0.848. The number of benzene rings is 2. The van der Waals surface area contributed by atoms with Crippen molar-refractivity contribution in [2.45, 2.75) is 19.9 Å². The van der Waals surface area contributed by atoms with E-state index in [1.54, 1.807) is 6.07 Å². The van der Waals surface area contributed by atoms with E-state index in [1.807, 2.05) is 37.3 Å². The molecule has 1 N–H and O–H groups in total. The van der Waals surface area contributed by atoms with Crippen LogP contribution in [0.25, 0.3) is 0 Å². The Morgan fingerprint density at radius 3 is 2.70 bits per heavy atom. The van der Waals surface area contributed by atoms with Crippen molar-refractivity contribution in [3.8, 4) is 6.07 Å². The van der Waals surface area contributed by atoms with Gasteiger partial charge in [-0.25, -0.2) is 4.39 Å². The lowest BCUT2D eigenvalue weighted by Crippen LogP contribution is -2.17. The van der Waals surface area contributed by atoms with E-state index in [1.165, 1.54) is 6.07 Å². The Labute approximate surface area is 118 Å². The van der Waals surface area contributed by atoms with E-state index in [4.69, 9.17) is 5.26 Å². The molecule has 0 saturated carbocycles. The van der Waals surface area contributed by atoms with E-state index in [2.05, 4.69) is 11.4 Å². The Morgan fingerprint density at radius 1 is 1.15 bits per heavy atom. The third kappa shape index (κ3) is 3.66. The first kappa shape index (κ1) is 14.2. The van der Waals surface area contributed by atoms with Crippen LogP contribution >= 0.6 is 0 Å². The van der Waals surface area contributed by atoms with E-state index >= 15 is 0 Å². The van der Waals surface area contributed by atoms with Crippen LogP contribution in [0.3, 0.4) is 0 Å². The van der Waals surface area contributed by atoms with Gasteiger partial charge in [-0.1, -0.05) is 24.3 Å². The van der Waals surface area contributed by atoms with Gasteiger partial charge in [-0.3, -0.25) is 0 Å². The molecular formula is C17H17FN2. The van der Waals surface area contributed by atoms with E-state index in [9.17, 15) is 4.39 Å². The third-order valence-electron chi connectivity index (χ3n) is 3.33. The van der Waals surface area contributed by atoms with Crippen molar-refractivity contribution in [1.29, 1.82) is 5.26 Å². The van der Waals surface area contributed by atoms with Crippen molar-refractivity contribution in [1.82, 2.24) is 5.32 Å².